The number of nitrogens with zero attached hydrogens (tertiary/aromatic N) is 1. The Labute approximate surface area is 150 Å². The van der Waals surface area contributed by atoms with Crippen LogP contribution in [0, 0.1) is 0 Å². The average molecular weight is 344 g/mol. The van der Waals surface area contributed by atoms with Crippen LogP contribution >= 0.6 is 11.6 Å². The van der Waals surface area contributed by atoms with Gasteiger partial charge in [-0.25, -0.2) is 0 Å². The Hall–Kier alpha value is -1.35. The molecule has 0 spiro atoms. The standard InChI is InChI=1S/C21H26ClNO/c1-2-3-14-23-15-13-20(16-23)24-21(17-7-5-4-6-8-17)18-9-11-19(22)12-10-18/h4-12,20-21H,2-3,13-16H2,1H3/t20-,21+/m0/s1. The molecule has 1 heterocycles. The molecule has 1 aliphatic rings. The highest BCUT2D eigenvalue weighted by molar-refractivity contribution is 6.30. The zero-order chi connectivity index (χ0) is 16.8. The van der Waals surface area contributed by atoms with E-state index in [0.29, 0.717) is 6.10 Å². The molecule has 0 N–H and O–H groups in total. The maximum Gasteiger partial charge on any atom is 0.108 e. The number of hydrogen-bond acceptors (Lipinski definition) is 2. The van der Waals surface area contributed by atoms with E-state index in [-0.39, 0.29) is 6.10 Å². The zero-order valence-electron chi connectivity index (χ0n) is 14.3. The molecule has 2 nitrogen and oxygen atoms in total. The van der Waals surface area contributed by atoms with E-state index in [0.717, 1.165) is 30.1 Å². The topological polar surface area (TPSA) is 12.5 Å². The van der Waals surface area contributed by atoms with Crippen LogP contribution in [-0.4, -0.2) is 30.6 Å². The van der Waals surface area contributed by atoms with Crippen molar-refractivity contribution in [3.63, 3.8) is 0 Å². The number of ether oxygens (including phenoxy) is 1. The molecule has 2 aromatic carbocycles. The summed E-state index contributed by atoms with van der Waals surface area (Å²) in [7, 11) is 0. The minimum Gasteiger partial charge on any atom is -0.364 e. The van der Waals surface area contributed by atoms with Crippen LogP contribution in [0.4, 0.5) is 0 Å². The van der Waals surface area contributed by atoms with Gasteiger partial charge >= 0.3 is 0 Å². The first kappa shape index (κ1) is 17.5. The van der Waals surface area contributed by atoms with Gasteiger partial charge in [0.05, 0.1) is 6.10 Å². The van der Waals surface area contributed by atoms with Gasteiger partial charge < -0.3 is 9.64 Å². The highest BCUT2D eigenvalue weighted by Crippen LogP contribution is 2.30. The van der Waals surface area contributed by atoms with Gasteiger partial charge in [0.25, 0.3) is 0 Å². The number of likely N-dealkylation sites (tertiary alicyclic amines) is 1. The molecule has 0 radical (unpaired) electrons. The van der Waals surface area contributed by atoms with Crippen LogP contribution < -0.4 is 0 Å². The Morgan fingerprint density at radius 3 is 2.50 bits per heavy atom. The molecular weight excluding hydrogens is 318 g/mol. The second kappa shape index (κ2) is 8.66. The Bertz CT molecular complexity index is 613. The van der Waals surface area contributed by atoms with Crippen LogP contribution in [0.1, 0.15) is 43.4 Å². The van der Waals surface area contributed by atoms with Crippen molar-refractivity contribution < 1.29 is 4.74 Å². The van der Waals surface area contributed by atoms with Gasteiger partial charge in [-0.1, -0.05) is 67.4 Å². The van der Waals surface area contributed by atoms with Crippen molar-refractivity contribution in [1.29, 1.82) is 0 Å². The smallest absolute Gasteiger partial charge is 0.108 e. The summed E-state index contributed by atoms with van der Waals surface area (Å²) in [6.07, 6.45) is 3.90. The van der Waals surface area contributed by atoms with Crippen molar-refractivity contribution >= 4 is 11.6 Å². The van der Waals surface area contributed by atoms with Crippen molar-refractivity contribution in [3.8, 4) is 0 Å². The van der Waals surface area contributed by atoms with Gasteiger partial charge in [-0.15, -0.1) is 0 Å². The third kappa shape index (κ3) is 4.60. The fraction of sp³-hybridized carbons (Fsp3) is 0.429. The van der Waals surface area contributed by atoms with E-state index >= 15 is 0 Å². The van der Waals surface area contributed by atoms with Gasteiger partial charge in [0.15, 0.2) is 0 Å². The van der Waals surface area contributed by atoms with E-state index in [4.69, 9.17) is 16.3 Å². The molecule has 1 saturated heterocycles. The molecule has 0 amide bonds. The highest BCUT2D eigenvalue weighted by atomic mass is 35.5. The molecular formula is C21H26ClNO. The van der Waals surface area contributed by atoms with Crippen molar-refractivity contribution in [2.45, 2.75) is 38.4 Å². The normalized spacial score (nSPS) is 19.5. The first-order chi connectivity index (χ1) is 11.8. The quantitative estimate of drug-likeness (QED) is 0.674. The summed E-state index contributed by atoms with van der Waals surface area (Å²) in [5.74, 6) is 0. The maximum absolute atomic E-state index is 6.55. The minimum absolute atomic E-state index is 0.0282. The lowest BCUT2D eigenvalue weighted by Crippen LogP contribution is -2.25. The third-order valence-corrected chi connectivity index (χ3v) is 4.91. The summed E-state index contributed by atoms with van der Waals surface area (Å²) in [6.45, 7) is 5.62. The summed E-state index contributed by atoms with van der Waals surface area (Å²) in [5.41, 5.74) is 2.37. The molecule has 0 bridgehead atoms. The lowest BCUT2D eigenvalue weighted by Gasteiger charge is -2.24. The summed E-state index contributed by atoms with van der Waals surface area (Å²) < 4.78 is 6.55. The largest absolute Gasteiger partial charge is 0.364 e. The molecule has 2 aromatic rings. The number of hydrogen-bond donors (Lipinski definition) is 0. The molecule has 2 atom stereocenters. The summed E-state index contributed by atoms with van der Waals surface area (Å²) in [4.78, 5) is 2.53. The summed E-state index contributed by atoms with van der Waals surface area (Å²) in [6, 6.07) is 18.5. The minimum atomic E-state index is -0.0282. The van der Waals surface area contributed by atoms with Crippen LogP contribution in [0.15, 0.2) is 54.6 Å². The zero-order valence-corrected chi connectivity index (χ0v) is 15.1. The summed E-state index contributed by atoms with van der Waals surface area (Å²) >= 11 is 6.05. The molecule has 1 fully saturated rings. The molecule has 24 heavy (non-hydrogen) atoms. The predicted molar refractivity (Wildman–Crippen MR) is 101 cm³/mol. The van der Waals surface area contributed by atoms with E-state index in [9.17, 15) is 0 Å². The molecule has 3 rings (SSSR count). The molecule has 0 aliphatic carbocycles. The molecule has 3 heteroatoms. The van der Waals surface area contributed by atoms with Gasteiger partial charge in [0.1, 0.15) is 6.10 Å². The van der Waals surface area contributed by atoms with Crippen LogP contribution in [-0.2, 0) is 4.74 Å². The molecule has 128 valence electrons. The molecule has 0 unspecified atom stereocenters. The molecule has 1 aliphatic heterocycles. The Morgan fingerprint density at radius 2 is 1.79 bits per heavy atom. The second-order valence-electron chi connectivity index (χ2n) is 6.54. The molecule has 0 aromatic heterocycles. The van der Waals surface area contributed by atoms with Gasteiger partial charge in [0, 0.05) is 18.1 Å². The van der Waals surface area contributed by atoms with E-state index in [2.05, 4.69) is 48.2 Å². The van der Waals surface area contributed by atoms with Crippen LogP contribution in [0.5, 0.6) is 0 Å². The number of benzene rings is 2. The van der Waals surface area contributed by atoms with E-state index in [1.165, 1.54) is 24.9 Å². The number of unbranched alkanes of at least 4 members (excludes halogenated alkanes) is 1. The van der Waals surface area contributed by atoms with Gasteiger partial charge in [-0.3, -0.25) is 0 Å². The predicted octanol–water partition coefficient (Wildman–Crippen LogP) is 5.32. The highest BCUT2D eigenvalue weighted by Gasteiger charge is 2.26. The maximum atomic E-state index is 6.55. The SMILES string of the molecule is CCCCN1CC[C@H](O[C@H](c2ccccc2)c2ccc(Cl)cc2)C1. The van der Waals surface area contributed by atoms with Crippen molar-refractivity contribution in [3.05, 3.63) is 70.7 Å². The number of halogens is 1. The fourth-order valence-corrected chi connectivity index (χ4v) is 3.43. The van der Waals surface area contributed by atoms with Gasteiger partial charge in [0.2, 0.25) is 0 Å². The monoisotopic (exact) mass is 343 g/mol. The first-order valence-corrected chi connectivity index (χ1v) is 9.32. The van der Waals surface area contributed by atoms with Crippen LogP contribution in [0.3, 0.4) is 0 Å². The van der Waals surface area contributed by atoms with Crippen LogP contribution in [0.2, 0.25) is 5.02 Å². The molecule has 0 saturated carbocycles. The fourth-order valence-electron chi connectivity index (χ4n) is 3.30. The van der Waals surface area contributed by atoms with Crippen molar-refractivity contribution in [1.82, 2.24) is 4.90 Å². The summed E-state index contributed by atoms with van der Waals surface area (Å²) in [5, 5.41) is 0.761. The van der Waals surface area contributed by atoms with E-state index in [1.54, 1.807) is 0 Å². The van der Waals surface area contributed by atoms with E-state index in [1.807, 2.05) is 18.2 Å². The van der Waals surface area contributed by atoms with Crippen molar-refractivity contribution in [2.75, 3.05) is 19.6 Å². The third-order valence-electron chi connectivity index (χ3n) is 4.66. The lowest BCUT2D eigenvalue weighted by atomic mass is 10.0. The van der Waals surface area contributed by atoms with Crippen molar-refractivity contribution in [2.24, 2.45) is 0 Å². The number of rotatable bonds is 7. The van der Waals surface area contributed by atoms with Crippen LogP contribution in [0.25, 0.3) is 0 Å². The Morgan fingerprint density at radius 1 is 1.08 bits per heavy atom. The average Bonchev–Trinajstić information content (AvgIpc) is 3.07. The Balaban J connectivity index is 1.73. The van der Waals surface area contributed by atoms with Gasteiger partial charge in [-0.2, -0.15) is 0 Å². The lowest BCUT2D eigenvalue weighted by molar-refractivity contribution is 0.0142. The van der Waals surface area contributed by atoms with E-state index < -0.39 is 0 Å². The second-order valence-corrected chi connectivity index (χ2v) is 6.98. The Kier molecular flexibility index (Phi) is 6.30. The van der Waals surface area contributed by atoms with Gasteiger partial charge in [-0.05, 0) is 42.6 Å². The first-order valence-electron chi connectivity index (χ1n) is 8.94.